The van der Waals surface area contributed by atoms with Crippen molar-refractivity contribution in [3.8, 4) is 0 Å². The van der Waals surface area contributed by atoms with Gasteiger partial charge in [0.2, 0.25) is 0 Å². The van der Waals surface area contributed by atoms with Gasteiger partial charge in [0, 0.05) is 19.3 Å². The van der Waals surface area contributed by atoms with Crippen LogP contribution < -0.4 is 0 Å². The summed E-state index contributed by atoms with van der Waals surface area (Å²) in [5.74, 6) is -0.905. The molecule has 0 aromatic rings. The van der Waals surface area contributed by atoms with Crippen LogP contribution in [0.15, 0.2) is 146 Å². The van der Waals surface area contributed by atoms with Crippen molar-refractivity contribution in [3.63, 3.8) is 0 Å². The van der Waals surface area contributed by atoms with Gasteiger partial charge >= 0.3 is 17.9 Å². The van der Waals surface area contributed by atoms with E-state index in [2.05, 4.69) is 167 Å². The van der Waals surface area contributed by atoms with E-state index in [-0.39, 0.29) is 31.1 Å². The molecule has 0 aliphatic rings. The number of hydrogen-bond donors (Lipinski definition) is 0. The van der Waals surface area contributed by atoms with Gasteiger partial charge in [-0.25, -0.2) is 0 Å². The van der Waals surface area contributed by atoms with Crippen molar-refractivity contribution in [2.45, 2.75) is 297 Å². The van der Waals surface area contributed by atoms with Crippen LogP contribution in [0.2, 0.25) is 0 Å². The highest BCUT2D eigenvalue weighted by atomic mass is 16.6. The quantitative estimate of drug-likeness (QED) is 0.0261. The van der Waals surface area contributed by atoms with Gasteiger partial charge in [-0.2, -0.15) is 0 Å². The molecule has 0 bridgehead atoms. The van der Waals surface area contributed by atoms with Crippen molar-refractivity contribution >= 4 is 17.9 Å². The molecule has 0 fully saturated rings. The van der Waals surface area contributed by atoms with Crippen LogP contribution in [0.4, 0.5) is 0 Å². The number of carbonyl (C=O) groups is 3. The van der Waals surface area contributed by atoms with E-state index in [4.69, 9.17) is 14.2 Å². The maximum atomic E-state index is 12.8. The van der Waals surface area contributed by atoms with E-state index in [0.717, 1.165) is 141 Å². The molecule has 1 atom stereocenters. The first-order valence-corrected chi connectivity index (χ1v) is 33.3. The van der Waals surface area contributed by atoms with Gasteiger partial charge in [0.15, 0.2) is 6.10 Å². The molecule has 1 unspecified atom stereocenters. The van der Waals surface area contributed by atoms with Gasteiger partial charge in [-0.15, -0.1) is 0 Å². The van der Waals surface area contributed by atoms with Crippen LogP contribution >= 0.6 is 0 Å². The topological polar surface area (TPSA) is 78.9 Å². The number of esters is 3. The van der Waals surface area contributed by atoms with Crippen molar-refractivity contribution < 1.29 is 28.6 Å². The third-order valence-electron chi connectivity index (χ3n) is 13.8. The van der Waals surface area contributed by atoms with Gasteiger partial charge in [0.1, 0.15) is 13.2 Å². The number of ether oxygens (including phenoxy) is 3. The fourth-order valence-corrected chi connectivity index (χ4v) is 8.92. The number of rotatable bonds is 59. The molecular weight excluding hydrogens is 997 g/mol. The minimum atomic E-state index is -0.783. The average Bonchev–Trinajstić information content (AvgIpc) is 3.47. The first kappa shape index (κ1) is 76.3. The van der Waals surface area contributed by atoms with Gasteiger partial charge in [0.25, 0.3) is 0 Å². The molecule has 458 valence electrons. The highest BCUT2D eigenvalue weighted by Crippen LogP contribution is 2.16. The lowest BCUT2D eigenvalue weighted by Crippen LogP contribution is -2.30. The molecule has 0 N–H and O–H groups in total. The average molecular weight is 1120 g/mol. The molecule has 0 aromatic heterocycles. The second kappa shape index (κ2) is 67.8. The number of carbonyl (C=O) groups excluding carboxylic acids is 3. The van der Waals surface area contributed by atoms with Crippen LogP contribution in [0.1, 0.15) is 290 Å². The second-order valence-electron chi connectivity index (χ2n) is 21.6. The molecular formula is C75H122O6. The fourth-order valence-electron chi connectivity index (χ4n) is 8.92. The Bertz CT molecular complexity index is 1760. The Kier molecular flexibility index (Phi) is 63.9. The summed E-state index contributed by atoms with van der Waals surface area (Å²) in [6.45, 7) is 6.33. The van der Waals surface area contributed by atoms with Crippen LogP contribution in [0, 0.1) is 0 Å². The number of unbranched alkanes of at least 4 members (excludes halogenated alkanes) is 24. The Balaban J connectivity index is 4.05. The molecule has 81 heavy (non-hydrogen) atoms. The molecule has 6 nitrogen and oxygen atoms in total. The van der Waals surface area contributed by atoms with E-state index in [0.29, 0.717) is 19.3 Å². The molecule has 0 aliphatic carbocycles. The summed E-state index contributed by atoms with van der Waals surface area (Å²) in [5.41, 5.74) is 0. The molecule has 0 aromatic carbocycles. The van der Waals surface area contributed by atoms with Gasteiger partial charge in [-0.05, 0) is 122 Å². The summed E-state index contributed by atoms with van der Waals surface area (Å²) in [7, 11) is 0. The first-order valence-electron chi connectivity index (χ1n) is 33.3. The fraction of sp³-hybridized carbons (Fsp3) is 0.640. The van der Waals surface area contributed by atoms with E-state index >= 15 is 0 Å². The summed E-state index contributed by atoms with van der Waals surface area (Å²) in [6.07, 6.45) is 97.7. The summed E-state index contributed by atoms with van der Waals surface area (Å²) in [5, 5.41) is 0. The van der Waals surface area contributed by atoms with Crippen LogP contribution in [0.5, 0.6) is 0 Å². The van der Waals surface area contributed by atoms with Crippen LogP contribution in [-0.4, -0.2) is 37.2 Å². The standard InChI is InChI=1S/C75H122O6/c1-4-7-10-13-15-17-19-21-23-25-27-29-31-32-33-34-35-36-37-38-39-40-41-42-44-45-47-49-51-53-55-57-59-62-65-68-74(77)80-71-72(70-79-73(76)67-64-61-12-9-6-3)81-75(78)69-66-63-60-58-56-54-52-50-48-46-43-30-28-26-24-22-20-18-16-14-11-8-5-2/h7-8,10-11,15-18,21-24,27-30,32-33,35-36,38-39,41-42,72H,4-6,9,12-14,19-20,25-26,31,34,37,40,43-71H2,1-3H3/b10-7-,11-8-,17-15-,18-16-,23-21-,24-22-,29-27-,30-28-,33-32-,36-35-,39-38-,42-41-. The molecule has 0 heterocycles. The summed E-state index contributed by atoms with van der Waals surface area (Å²) < 4.78 is 16.8. The van der Waals surface area contributed by atoms with Gasteiger partial charge in [0.05, 0.1) is 0 Å². The van der Waals surface area contributed by atoms with E-state index in [1.165, 1.54) is 109 Å². The third kappa shape index (κ3) is 66.0. The lowest BCUT2D eigenvalue weighted by Gasteiger charge is -2.18. The minimum absolute atomic E-state index is 0.0839. The highest BCUT2D eigenvalue weighted by Gasteiger charge is 2.19. The SMILES string of the molecule is CC/C=C\C/C=C\C/C=C\C/C=C\C/C=C\C/C=C\C/C=C\C/C=C\CCCCCCCCCCCCC(=O)OCC(COC(=O)CCCCCCC)OC(=O)CCCCCCCCCCCC/C=C\C/C=C\C/C=C\C/C=C\CC. The lowest BCUT2D eigenvalue weighted by atomic mass is 10.0. The van der Waals surface area contributed by atoms with Crippen LogP contribution in [0.25, 0.3) is 0 Å². The van der Waals surface area contributed by atoms with Crippen molar-refractivity contribution in [1.82, 2.24) is 0 Å². The molecule has 0 amide bonds. The van der Waals surface area contributed by atoms with Gasteiger partial charge in [-0.1, -0.05) is 295 Å². The number of allylic oxidation sites excluding steroid dienone is 24. The smallest absolute Gasteiger partial charge is 0.306 e. The Morgan fingerprint density at radius 3 is 0.753 bits per heavy atom. The second-order valence-corrected chi connectivity index (χ2v) is 21.6. The zero-order chi connectivity index (χ0) is 58.5. The van der Waals surface area contributed by atoms with Crippen molar-refractivity contribution in [1.29, 1.82) is 0 Å². The van der Waals surface area contributed by atoms with E-state index in [9.17, 15) is 14.4 Å². The Hall–Kier alpha value is -4.71. The molecule has 0 saturated carbocycles. The molecule has 0 spiro atoms. The first-order chi connectivity index (χ1) is 40.0. The molecule has 0 saturated heterocycles. The highest BCUT2D eigenvalue weighted by molar-refractivity contribution is 5.71. The molecule has 0 rings (SSSR count). The van der Waals surface area contributed by atoms with E-state index in [1.54, 1.807) is 0 Å². The minimum Gasteiger partial charge on any atom is -0.462 e. The summed E-state index contributed by atoms with van der Waals surface area (Å²) in [4.78, 5) is 38.0. The lowest BCUT2D eigenvalue weighted by molar-refractivity contribution is -0.167. The summed E-state index contributed by atoms with van der Waals surface area (Å²) >= 11 is 0. The largest absolute Gasteiger partial charge is 0.462 e. The Labute approximate surface area is 499 Å². The number of hydrogen-bond acceptors (Lipinski definition) is 6. The Morgan fingerprint density at radius 2 is 0.481 bits per heavy atom. The van der Waals surface area contributed by atoms with Crippen LogP contribution in [-0.2, 0) is 28.6 Å². The third-order valence-corrected chi connectivity index (χ3v) is 13.8. The van der Waals surface area contributed by atoms with E-state index in [1.807, 2.05) is 0 Å². The van der Waals surface area contributed by atoms with Crippen LogP contribution in [0.3, 0.4) is 0 Å². The normalized spacial score (nSPS) is 13.1. The van der Waals surface area contributed by atoms with Crippen molar-refractivity contribution in [3.05, 3.63) is 146 Å². The Morgan fingerprint density at radius 1 is 0.259 bits per heavy atom. The van der Waals surface area contributed by atoms with Crippen molar-refractivity contribution in [2.75, 3.05) is 13.2 Å². The molecule has 0 aliphatic heterocycles. The monoisotopic (exact) mass is 1120 g/mol. The van der Waals surface area contributed by atoms with Gasteiger partial charge < -0.3 is 14.2 Å². The zero-order valence-corrected chi connectivity index (χ0v) is 52.5. The summed E-state index contributed by atoms with van der Waals surface area (Å²) in [6, 6.07) is 0. The molecule has 6 heteroatoms. The predicted octanol–water partition coefficient (Wildman–Crippen LogP) is 23.1. The van der Waals surface area contributed by atoms with Gasteiger partial charge in [-0.3, -0.25) is 14.4 Å². The van der Waals surface area contributed by atoms with Crippen molar-refractivity contribution in [2.24, 2.45) is 0 Å². The predicted molar refractivity (Wildman–Crippen MR) is 352 cm³/mol. The maximum absolute atomic E-state index is 12.8. The molecule has 0 radical (unpaired) electrons. The zero-order valence-electron chi connectivity index (χ0n) is 52.5. The maximum Gasteiger partial charge on any atom is 0.306 e. The van der Waals surface area contributed by atoms with E-state index < -0.39 is 6.10 Å².